The highest BCUT2D eigenvalue weighted by Gasteiger charge is 2.21. The largest absolute Gasteiger partial charge is 0.486 e. The summed E-state index contributed by atoms with van der Waals surface area (Å²) in [7, 11) is 1.15. The van der Waals surface area contributed by atoms with Crippen molar-refractivity contribution in [1.82, 2.24) is 0 Å². The molecule has 17 heavy (non-hydrogen) atoms. The molecule has 0 N–H and O–H groups in total. The van der Waals surface area contributed by atoms with Gasteiger partial charge in [0.25, 0.3) is 15.5 Å². The number of ether oxygens (including phenoxy) is 1. The predicted octanol–water partition coefficient (Wildman–Crippen LogP) is 3.33. The molecule has 0 unspecified atom stereocenters. The van der Waals surface area contributed by atoms with E-state index in [4.69, 9.17) is 15.4 Å². The minimum absolute atomic E-state index is 0.150. The summed E-state index contributed by atoms with van der Waals surface area (Å²) in [6.45, 7) is 0.652. The van der Waals surface area contributed by atoms with E-state index >= 15 is 0 Å². The fraction of sp³-hybridized carbons (Fsp3) is 0.333. The van der Waals surface area contributed by atoms with Gasteiger partial charge in [0, 0.05) is 15.2 Å². The molecule has 1 rings (SSSR count). The Morgan fingerprint density at radius 3 is 2.53 bits per heavy atom. The van der Waals surface area contributed by atoms with Crippen molar-refractivity contribution in [3.05, 3.63) is 22.2 Å². The van der Waals surface area contributed by atoms with Gasteiger partial charge in [-0.25, -0.2) is 17.2 Å². The highest BCUT2D eigenvalue weighted by atomic mass is 79.9. The Bertz CT molecular complexity index is 519. The van der Waals surface area contributed by atoms with E-state index in [0.717, 1.165) is 0 Å². The molecule has 1 aromatic carbocycles. The van der Waals surface area contributed by atoms with Crippen LogP contribution in [0.5, 0.6) is 5.75 Å². The number of hydrogen-bond donors (Lipinski definition) is 0. The van der Waals surface area contributed by atoms with Gasteiger partial charge in [-0.05, 0) is 24.6 Å². The molecule has 3 nitrogen and oxygen atoms in total. The molecule has 96 valence electrons. The Hall–Kier alpha value is -0.400. The molecule has 8 heteroatoms. The summed E-state index contributed by atoms with van der Waals surface area (Å²) in [6.07, 6.45) is -2.69. The number of alkyl halides is 2. The molecular weight excluding hydrogens is 342 g/mol. The minimum atomic E-state index is -4.05. The van der Waals surface area contributed by atoms with Crippen molar-refractivity contribution >= 4 is 35.7 Å². The van der Waals surface area contributed by atoms with Crippen LogP contribution in [0, 0.1) is 6.92 Å². The average Bonchev–Trinajstić information content (AvgIpc) is 2.13. The highest BCUT2D eigenvalue weighted by Crippen LogP contribution is 2.33. The van der Waals surface area contributed by atoms with E-state index in [1.165, 1.54) is 13.0 Å². The predicted molar refractivity (Wildman–Crippen MR) is 63.4 cm³/mol. The van der Waals surface area contributed by atoms with Gasteiger partial charge in [0.05, 0.1) is 0 Å². The van der Waals surface area contributed by atoms with E-state index in [9.17, 15) is 17.2 Å². The van der Waals surface area contributed by atoms with E-state index in [1.54, 1.807) is 6.07 Å². The second kappa shape index (κ2) is 5.49. The molecule has 0 aliphatic rings. The lowest BCUT2D eigenvalue weighted by molar-refractivity contribution is 0.0801. The standard InChI is InChI=1S/C9H8BrClF2O3S/c1-5-2-6(10)3-7(17(11,14)15)9(5)16-4-8(12)13/h2-3,8H,4H2,1H3. The monoisotopic (exact) mass is 348 g/mol. The van der Waals surface area contributed by atoms with E-state index in [-0.39, 0.29) is 10.6 Å². The fourth-order valence-electron chi connectivity index (χ4n) is 1.21. The van der Waals surface area contributed by atoms with Crippen LogP contribution < -0.4 is 4.74 Å². The molecule has 0 radical (unpaired) electrons. The summed E-state index contributed by atoms with van der Waals surface area (Å²) in [5.74, 6) is -0.150. The molecule has 1 aromatic rings. The third-order valence-corrected chi connectivity index (χ3v) is 3.61. The number of aryl methyl sites for hydroxylation is 1. The van der Waals surface area contributed by atoms with Crippen LogP contribution in [-0.2, 0) is 9.05 Å². The Balaban J connectivity index is 3.26. The van der Waals surface area contributed by atoms with Crippen LogP contribution in [0.15, 0.2) is 21.5 Å². The smallest absolute Gasteiger partial charge is 0.272 e. The van der Waals surface area contributed by atoms with Gasteiger partial charge in [0.15, 0.2) is 0 Å². The number of benzene rings is 1. The van der Waals surface area contributed by atoms with Gasteiger partial charge >= 0.3 is 0 Å². The maximum Gasteiger partial charge on any atom is 0.272 e. The molecule has 0 bridgehead atoms. The first-order valence-electron chi connectivity index (χ1n) is 4.37. The Kier molecular flexibility index (Phi) is 4.74. The second-order valence-electron chi connectivity index (χ2n) is 3.19. The van der Waals surface area contributed by atoms with Crippen LogP contribution >= 0.6 is 26.6 Å². The molecule has 0 amide bonds. The lowest BCUT2D eigenvalue weighted by atomic mass is 10.2. The summed E-state index contributed by atoms with van der Waals surface area (Å²) in [5, 5.41) is 0. The van der Waals surface area contributed by atoms with Crippen LogP contribution in [0.1, 0.15) is 5.56 Å². The molecule has 0 aromatic heterocycles. The summed E-state index contributed by atoms with van der Waals surface area (Å²) < 4.78 is 51.9. The third kappa shape index (κ3) is 4.08. The van der Waals surface area contributed by atoms with Gasteiger partial charge < -0.3 is 4.74 Å². The van der Waals surface area contributed by atoms with E-state index in [2.05, 4.69) is 15.9 Å². The molecule has 0 saturated carbocycles. The molecule has 0 aliphatic heterocycles. The summed E-state index contributed by atoms with van der Waals surface area (Å²) in [4.78, 5) is -0.327. The van der Waals surface area contributed by atoms with Crippen molar-refractivity contribution in [2.45, 2.75) is 18.2 Å². The molecular formula is C9H8BrClF2O3S. The maximum atomic E-state index is 12.0. The van der Waals surface area contributed by atoms with Crippen LogP contribution in [0.3, 0.4) is 0 Å². The number of hydrogen-bond acceptors (Lipinski definition) is 3. The van der Waals surface area contributed by atoms with Crippen molar-refractivity contribution in [3.63, 3.8) is 0 Å². The molecule has 0 aliphatic carbocycles. The topological polar surface area (TPSA) is 43.4 Å². The van der Waals surface area contributed by atoms with Gasteiger partial charge in [-0.15, -0.1) is 0 Å². The fourth-order valence-corrected chi connectivity index (χ4v) is 2.99. The SMILES string of the molecule is Cc1cc(Br)cc(S(=O)(=O)Cl)c1OCC(F)F. The van der Waals surface area contributed by atoms with Crippen molar-refractivity contribution < 1.29 is 21.9 Å². The van der Waals surface area contributed by atoms with E-state index in [1.807, 2.05) is 0 Å². The van der Waals surface area contributed by atoms with Gasteiger partial charge in [-0.2, -0.15) is 0 Å². The first kappa shape index (κ1) is 14.7. The van der Waals surface area contributed by atoms with Crippen molar-refractivity contribution in [3.8, 4) is 5.75 Å². The number of rotatable bonds is 4. The van der Waals surface area contributed by atoms with Gasteiger partial charge in [-0.1, -0.05) is 15.9 Å². The van der Waals surface area contributed by atoms with E-state index in [0.29, 0.717) is 10.0 Å². The molecule has 0 heterocycles. The third-order valence-electron chi connectivity index (χ3n) is 1.82. The maximum absolute atomic E-state index is 12.0. The molecule has 0 fully saturated rings. The Morgan fingerprint density at radius 1 is 1.47 bits per heavy atom. The van der Waals surface area contributed by atoms with Gasteiger partial charge in [-0.3, -0.25) is 0 Å². The minimum Gasteiger partial charge on any atom is -0.486 e. The second-order valence-corrected chi connectivity index (χ2v) is 6.64. The van der Waals surface area contributed by atoms with Gasteiger partial charge in [0.2, 0.25) is 0 Å². The van der Waals surface area contributed by atoms with E-state index < -0.39 is 22.1 Å². The Labute approximate surface area is 110 Å². The lowest BCUT2D eigenvalue weighted by Gasteiger charge is -2.12. The zero-order chi connectivity index (χ0) is 13.2. The van der Waals surface area contributed by atoms with Gasteiger partial charge in [0.1, 0.15) is 17.3 Å². The molecule has 0 saturated heterocycles. The zero-order valence-electron chi connectivity index (χ0n) is 8.58. The lowest BCUT2D eigenvalue weighted by Crippen LogP contribution is -2.10. The average molecular weight is 350 g/mol. The highest BCUT2D eigenvalue weighted by molar-refractivity contribution is 9.10. The van der Waals surface area contributed by atoms with Crippen LogP contribution in [0.4, 0.5) is 8.78 Å². The molecule has 0 spiro atoms. The van der Waals surface area contributed by atoms with Crippen molar-refractivity contribution in [2.75, 3.05) is 6.61 Å². The summed E-state index contributed by atoms with van der Waals surface area (Å²) in [6, 6.07) is 2.75. The van der Waals surface area contributed by atoms with Crippen LogP contribution in [0.2, 0.25) is 0 Å². The quantitative estimate of drug-likeness (QED) is 0.783. The normalized spacial score (nSPS) is 11.9. The van der Waals surface area contributed by atoms with Crippen LogP contribution in [0.25, 0.3) is 0 Å². The Morgan fingerprint density at radius 2 is 2.06 bits per heavy atom. The molecule has 0 atom stereocenters. The van der Waals surface area contributed by atoms with Crippen LogP contribution in [-0.4, -0.2) is 21.5 Å². The number of halogens is 4. The first-order chi connectivity index (χ1) is 7.71. The van der Waals surface area contributed by atoms with Crippen molar-refractivity contribution in [2.24, 2.45) is 0 Å². The summed E-state index contributed by atoms with van der Waals surface area (Å²) >= 11 is 3.09. The summed E-state index contributed by atoms with van der Waals surface area (Å²) in [5.41, 5.74) is 0.402. The van der Waals surface area contributed by atoms with Crippen molar-refractivity contribution in [1.29, 1.82) is 0 Å². The first-order valence-corrected chi connectivity index (χ1v) is 7.48. The zero-order valence-corrected chi connectivity index (χ0v) is 11.7.